The van der Waals surface area contributed by atoms with Crippen LogP contribution in [-0.4, -0.2) is 37.0 Å². The van der Waals surface area contributed by atoms with Crippen molar-refractivity contribution in [1.82, 2.24) is 4.90 Å². The predicted molar refractivity (Wildman–Crippen MR) is 101 cm³/mol. The van der Waals surface area contributed by atoms with Gasteiger partial charge in [0.05, 0.1) is 0 Å². The van der Waals surface area contributed by atoms with E-state index in [0.717, 1.165) is 29.4 Å². The van der Waals surface area contributed by atoms with E-state index in [1.165, 1.54) is 0 Å². The van der Waals surface area contributed by atoms with Crippen LogP contribution in [0.1, 0.15) is 5.56 Å². The van der Waals surface area contributed by atoms with Crippen LogP contribution in [0.5, 0.6) is 0 Å². The largest absolute Gasteiger partial charge is 0.368 e. The molecule has 1 saturated heterocycles. The van der Waals surface area contributed by atoms with Gasteiger partial charge in [0, 0.05) is 48.0 Å². The van der Waals surface area contributed by atoms with Gasteiger partial charge in [0.1, 0.15) is 0 Å². The maximum atomic E-state index is 12.3. The third-order valence-corrected chi connectivity index (χ3v) is 4.50. The molecule has 0 N–H and O–H groups in total. The highest BCUT2D eigenvalue weighted by atomic mass is 35.5. The fourth-order valence-corrected chi connectivity index (χ4v) is 3.12. The number of carbonyl (C=O) groups excluding carboxylic acids is 1. The lowest BCUT2D eigenvalue weighted by Crippen LogP contribution is -2.48. The van der Waals surface area contributed by atoms with E-state index in [9.17, 15) is 4.79 Å². The number of rotatable bonds is 3. The van der Waals surface area contributed by atoms with Gasteiger partial charge in [-0.3, -0.25) is 4.79 Å². The maximum Gasteiger partial charge on any atom is 0.246 e. The minimum absolute atomic E-state index is 0.0284. The van der Waals surface area contributed by atoms with Crippen molar-refractivity contribution in [2.45, 2.75) is 0 Å². The van der Waals surface area contributed by atoms with Crippen molar-refractivity contribution in [3.63, 3.8) is 0 Å². The zero-order valence-corrected chi connectivity index (χ0v) is 14.7. The molecule has 0 saturated carbocycles. The van der Waals surface area contributed by atoms with Gasteiger partial charge in [-0.2, -0.15) is 0 Å². The number of anilines is 1. The Morgan fingerprint density at radius 2 is 1.58 bits per heavy atom. The number of amides is 1. The van der Waals surface area contributed by atoms with Gasteiger partial charge in [0.2, 0.25) is 5.91 Å². The van der Waals surface area contributed by atoms with E-state index >= 15 is 0 Å². The Morgan fingerprint density at radius 1 is 0.917 bits per heavy atom. The number of halogens is 2. The van der Waals surface area contributed by atoms with Gasteiger partial charge in [0.25, 0.3) is 0 Å². The number of nitrogens with zero attached hydrogens (tertiary/aromatic N) is 2. The molecule has 1 amide bonds. The molecule has 2 aromatic carbocycles. The van der Waals surface area contributed by atoms with E-state index in [1.54, 1.807) is 12.2 Å². The number of hydrogen-bond acceptors (Lipinski definition) is 2. The van der Waals surface area contributed by atoms with Gasteiger partial charge in [-0.15, -0.1) is 0 Å². The summed E-state index contributed by atoms with van der Waals surface area (Å²) in [5.41, 5.74) is 2.03. The number of piperazine rings is 1. The lowest BCUT2D eigenvalue weighted by Gasteiger charge is -2.35. The fraction of sp³-hybridized carbons (Fsp3) is 0.211. The third-order valence-electron chi connectivity index (χ3n) is 4.03. The van der Waals surface area contributed by atoms with Crippen molar-refractivity contribution < 1.29 is 4.79 Å². The average molecular weight is 361 g/mol. The highest BCUT2D eigenvalue weighted by Gasteiger charge is 2.19. The Kier molecular flexibility index (Phi) is 5.44. The summed E-state index contributed by atoms with van der Waals surface area (Å²) in [6, 6.07) is 15.3. The number of hydrogen-bond donors (Lipinski definition) is 0. The summed E-state index contributed by atoms with van der Waals surface area (Å²) in [6.45, 7) is 3.00. The molecule has 1 aliphatic rings. The van der Waals surface area contributed by atoms with Crippen molar-refractivity contribution >= 4 is 40.9 Å². The Bertz CT molecular complexity index is 753. The Balaban J connectivity index is 1.57. The first-order valence-electron chi connectivity index (χ1n) is 7.85. The van der Waals surface area contributed by atoms with E-state index in [1.807, 2.05) is 53.4 Å². The first-order chi connectivity index (χ1) is 11.6. The molecule has 0 aromatic heterocycles. The fourth-order valence-electron chi connectivity index (χ4n) is 2.74. The molecule has 0 aliphatic carbocycles. The summed E-state index contributed by atoms with van der Waals surface area (Å²) in [4.78, 5) is 16.4. The van der Waals surface area contributed by atoms with Gasteiger partial charge in [0.15, 0.2) is 0 Å². The van der Waals surface area contributed by atoms with Crippen molar-refractivity contribution in [2.24, 2.45) is 0 Å². The first-order valence-corrected chi connectivity index (χ1v) is 8.60. The second-order valence-corrected chi connectivity index (χ2v) is 6.55. The van der Waals surface area contributed by atoms with Gasteiger partial charge in [-0.25, -0.2) is 0 Å². The van der Waals surface area contributed by atoms with Gasteiger partial charge in [-0.05, 0) is 42.0 Å². The third kappa shape index (κ3) is 4.31. The SMILES string of the molecule is O=C(/C=C/c1cccc(Cl)c1)N1CCN(c2cccc(Cl)c2)CC1. The highest BCUT2D eigenvalue weighted by molar-refractivity contribution is 6.31. The second kappa shape index (κ2) is 7.73. The molecule has 1 heterocycles. The quantitative estimate of drug-likeness (QED) is 0.759. The van der Waals surface area contributed by atoms with E-state index in [2.05, 4.69) is 4.90 Å². The number of carbonyl (C=O) groups is 1. The first kappa shape index (κ1) is 16.9. The molecule has 1 aliphatic heterocycles. The molecule has 24 heavy (non-hydrogen) atoms. The smallest absolute Gasteiger partial charge is 0.246 e. The lowest BCUT2D eigenvalue weighted by molar-refractivity contribution is -0.126. The molecule has 2 aromatic rings. The minimum Gasteiger partial charge on any atom is -0.368 e. The van der Waals surface area contributed by atoms with E-state index in [-0.39, 0.29) is 5.91 Å². The Morgan fingerprint density at radius 3 is 2.25 bits per heavy atom. The molecule has 5 heteroatoms. The summed E-state index contributed by atoms with van der Waals surface area (Å²) in [7, 11) is 0. The van der Waals surface area contributed by atoms with Crippen molar-refractivity contribution in [1.29, 1.82) is 0 Å². The Labute approximate surface area is 152 Å². The molecule has 3 rings (SSSR count). The van der Waals surface area contributed by atoms with Gasteiger partial charge in [-0.1, -0.05) is 41.4 Å². The normalized spacial score (nSPS) is 15.1. The molecule has 0 radical (unpaired) electrons. The average Bonchev–Trinajstić information content (AvgIpc) is 2.60. The monoisotopic (exact) mass is 360 g/mol. The molecule has 0 unspecified atom stereocenters. The predicted octanol–water partition coefficient (Wildman–Crippen LogP) is 4.36. The minimum atomic E-state index is 0.0284. The van der Waals surface area contributed by atoms with Crippen molar-refractivity contribution in [2.75, 3.05) is 31.1 Å². The summed E-state index contributed by atoms with van der Waals surface area (Å²) >= 11 is 12.0. The van der Waals surface area contributed by atoms with Crippen LogP contribution < -0.4 is 4.90 Å². The molecule has 0 bridgehead atoms. The summed E-state index contributed by atoms with van der Waals surface area (Å²) in [5, 5.41) is 1.40. The molecular formula is C19H18Cl2N2O. The molecule has 124 valence electrons. The maximum absolute atomic E-state index is 12.3. The van der Waals surface area contributed by atoms with E-state index in [4.69, 9.17) is 23.2 Å². The van der Waals surface area contributed by atoms with Crippen LogP contribution in [0.4, 0.5) is 5.69 Å². The summed E-state index contributed by atoms with van der Waals surface area (Å²) in [6.07, 6.45) is 3.41. The van der Waals surface area contributed by atoms with Crippen LogP contribution in [-0.2, 0) is 4.79 Å². The lowest BCUT2D eigenvalue weighted by atomic mass is 10.2. The number of benzene rings is 2. The van der Waals surface area contributed by atoms with Crippen molar-refractivity contribution in [3.05, 3.63) is 70.2 Å². The Hall–Kier alpha value is -1.97. The van der Waals surface area contributed by atoms with Crippen LogP contribution in [0.25, 0.3) is 6.08 Å². The molecular weight excluding hydrogens is 343 g/mol. The molecule has 0 atom stereocenters. The summed E-state index contributed by atoms with van der Waals surface area (Å²) < 4.78 is 0. The van der Waals surface area contributed by atoms with Crippen LogP contribution in [0.15, 0.2) is 54.6 Å². The zero-order chi connectivity index (χ0) is 16.9. The topological polar surface area (TPSA) is 23.6 Å². The molecule has 1 fully saturated rings. The second-order valence-electron chi connectivity index (χ2n) is 5.68. The summed E-state index contributed by atoms with van der Waals surface area (Å²) in [5.74, 6) is 0.0284. The van der Waals surface area contributed by atoms with Crippen molar-refractivity contribution in [3.8, 4) is 0 Å². The zero-order valence-electron chi connectivity index (χ0n) is 13.2. The standard InChI is InChI=1S/C19H18Cl2N2O/c20-16-4-1-3-15(13-16)7-8-19(24)23-11-9-22(10-12-23)18-6-2-5-17(21)14-18/h1-8,13-14H,9-12H2/b8-7+. The van der Waals surface area contributed by atoms with Crippen LogP contribution in [0, 0.1) is 0 Å². The van der Waals surface area contributed by atoms with Gasteiger partial charge < -0.3 is 9.80 Å². The van der Waals surface area contributed by atoms with E-state index < -0.39 is 0 Å². The van der Waals surface area contributed by atoms with E-state index in [0.29, 0.717) is 18.1 Å². The van der Waals surface area contributed by atoms with Crippen LogP contribution >= 0.6 is 23.2 Å². The highest BCUT2D eigenvalue weighted by Crippen LogP contribution is 2.21. The molecule has 0 spiro atoms. The van der Waals surface area contributed by atoms with Gasteiger partial charge >= 0.3 is 0 Å². The molecule has 3 nitrogen and oxygen atoms in total. The van der Waals surface area contributed by atoms with Crippen LogP contribution in [0.2, 0.25) is 10.0 Å². The van der Waals surface area contributed by atoms with Crippen LogP contribution in [0.3, 0.4) is 0 Å².